The van der Waals surface area contributed by atoms with Crippen molar-refractivity contribution in [1.82, 2.24) is 26.2 Å². The van der Waals surface area contributed by atoms with E-state index in [0.29, 0.717) is 12.0 Å². The Morgan fingerprint density at radius 2 is 1.49 bits per heavy atom. The summed E-state index contributed by atoms with van der Waals surface area (Å²) in [5, 5.41) is 20.0. The summed E-state index contributed by atoms with van der Waals surface area (Å²) < 4.78 is 0. The summed E-state index contributed by atoms with van der Waals surface area (Å²) in [6.07, 6.45) is -3.54. The highest BCUT2D eigenvalue weighted by Gasteiger charge is 2.39. The minimum atomic E-state index is -1.66. The number of rotatable bonds is 19. The molecule has 7 atom stereocenters. The van der Waals surface area contributed by atoms with Crippen LogP contribution >= 0.6 is 0 Å². The number of hydrogen-bond donors (Lipinski definition) is 8. The van der Waals surface area contributed by atoms with Crippen molar-refractivity contribution in [2.24, 2.45) is 52.2 Å². The molecule has 1 aliphatic heterocycles. The number of benzene rings is 1. The van der Waals surface area contributed by atoms with E-state index in [9.17, 15) is 62.6 Å². The summed E-state index contributed by atoms with van der Waals surface area (Å²) in [4.78, 5) is 160. The van der Waals surface area contributed by atoms with Crippen LogP contribution in [0.2, 0.25) is 0 Å². The maximum Gasteiger partial charge on any atom is 0.236 e. The smallest absolute Gasteiger partial charge is 0.236 e. The fraction of sp³-hybridized carbons (Fsp3) is 0.617. The number of nitrogens with two attached hydrogens (primary N) is 3. The average molecular weight is 955 g/mol. The monoisotopic (exact) mass is 955 g/mol. The molecular formula is C47H70N8O13. The predicted molar refractivity (Wildman–Crippen MR) is 246 cm³/mol. The number of carbonyl (C=O) groups is 12. The summed E-state index contributed by atoms with van der Waals surface area (Å²) in [6.45, 7) is 7.12. The fourth-order valence-electron chi connectivity index (χ4n) is 8.28. The first kappa shape index (κ1) is 57.6. The Bertz CT molecular complexity index is 2040. The molecule has 0 aromatic heterocycles. The van der Waals surface area contributed by atoms with Gasteiger partial charge in [-0.1, -0.05) is 53.2 Å². The van der Waals surface area contributed by atoms with Gasteiger partial charge in [-0.3, -0.25) is 57.5 Å². The molecular weight excluding hydrogens is 885 g/mol. The molecule has 0 spiro atoms. The molecule has 21 heteroatoms. The second-order valence-corrected chi connectivity index (χ2v) is 18.7. The Labute approximate surface area is 396 Å². The zero-order valence-electron chi connectivity index (χ0n) is 40.0. The van der Waals surface area contributed by atoms with Gasteiger partial charge < -0.3 is 48.5 Å². The third-order valence-electron chi connectivity index (χ3n) is 12.0. The molecule has 0 bridgehead atoms. The molecule has 1 aliphatic rings. The highest BCUT2D eigenvalue weighted by atomic mass is 16.3. The minimum Gasteiger partial charge on any atom is -0.508 e. The van der Waals surface area contributed by atoms with E-state index in [1.165, 1.54) is 26.1 Å². The van der Waals surface area contributed by atoms with E-state index in [2.05, 4.69) is 21.3 Å². The standard InChI is InChI=1S/C47H70N8O13/c1-7-27(4)42-37(60)18-29(10-14-38(48)61)43(65)53-35(20-39(49)62)36(59)19-30(45(67)55(6)25-34(58)22-47(5,21-26(2)3)46(68)52-24-40(50)63)11-15-41(64)51-23-33(57)17-31(44(66)54-42)16-28-8-12-32(56)13-9-28/h8-9,12-13,26-27,29-31,35,42,56H,7,10-11,14-25H2,1-6H3,(H2,48,61)(H2,49,62)(H2,50,63)(H,51,64)(H,52,68)(H,53,65)(H,54,66)/t27-,29+,30+,31+,35-,42-,47+/m0/s1. The molecule has 1 aromatic carbocycles. The summed E-state index contributed by atoms with van der Waals surface area (Å²) in [7, 11) is 1.27. The van der Waals surface area contributed by atoms with Crippen LogP contribution in [0, 0.1) is 35.0 Å². The van der Waals surface area contributed by atoms with Crippen LogP contribution in [0.25, 0.3) is 0 Å². The van der Waals surface area contributed by atoms with Gasteiger partial charge in [0, 0.05) is 63.3 Å². The summed E-state index contributed by atoms with van der Waals surface area (Å²) in [5.41, 5.74) is 15.4. The molecule has 68 heavy (non-hydrogen) atoms. The molecule has 8 amide bonds. The zero-order valence-corrected chi connectivity index (χ0v) is 40.0. The number of phenols is 1. The highest BCUT2D eigenvalue weighted by Crippen LogP contribution is 2.31. The number of hydrogen-bond acceptors (Lipinski definition) is 13. The molecule has 0 radical (unpaired) electrons. The Balaban J connectivity index is 2.61. The van der Waals surface area contributed by atoms with Gasteiger partial charge in [0.2, 0.25) is 47.3 Å². The maximum atomic E-state index is 14.2. The van der Waals surface area contributed by atoms with Crippen LogP contribution < -0.4 is 38.5 Å². The Kier molecular flexibility index (Phi) is 23.1. The second kappa shape index (κ2) is 27.3. The molecule has 1 saturated heterocycles. The minimum absolute atomic E-state index is 0.00852. The predicted octanol–water partition coefficient (Wildman–Crippen LogP) is -0.201. The summed E-state index contributed by atoms with van der Waals surface area (Å²) >= 11 is 0. The van der Waals surface area contributed by atoms with Crippen molar-refractivity contribution < 1.29 is 62.6 Å². The van der Waals surface area contributed by atoms with Gasteiger partial charge in [-0.05, 0) is 55.2 Å². The molecule has 0 saturated carbocycles. The lowest BCUT2D eigenvalue weighted by Gasteiger charge is -2.30. The van der Waals surface area contributed by atoms with Gasteiger partial charge in [-0.15, -0.1) is 0 Å². The lowest BCUT2D eigenvalue weighted by molar-refractivity contribution is -0.142. The number of aromatic hydroxyl groups is 1. The third kappa shape index (κ3) is 19.7. The number of amides is 8. The van der Waals surface area contributed by atoms with Crippen LogP contribution in [0.4, 0.5) is 0 Å². The van der Waals surface area contributed by atoms with Gasteiger partial charge in [0.1, 0.15) is 5.75 Å². The number of Topliss-reactive ketones (excluding diaryl/α,β-unsaturated/α-hetero) is 4. The van der Waals surface area contributed by atoms with Crippen molar-refractivity contribution in [2.45, 2.75) is 124 Å². The van der Waals surface area contributed by atoms with Crippen molar-refractivity contribution >= 4 is 70.4 Å². The molecule has 21 nitrogen and oxygen atoms in total. The summed E-state index contributed by atoms with van der Waals surface area (Å²) in [6, 6.07) is 3.07. The molecule has 2 rings (SSSR count). The fourth-order valence-corrected chi connectivity index (χ4v) is 8.28. The van der Waals surface area contributed by atoms with Crippen LogP contribution in [-0.2, 0) is 64.0 Å². The van der Waals surface area contributed by atoms with Crippen molar-refractivity contribution in [3.8, 4) is 5.75 Å². The topological polar surface area (TPSA) is 354 Å². The average Bonchev–Trinajstić information content (AvgIpc) is 3.25. The number of carbonyl (C=O) groups excluding carboxylic acids is 12. The highest BCUT2D eigenvalue weighted by molar-refractivity contribution is 5.99. The first-order valence-electron chi connectivity index (χ1n) is 22.9. The van der Waals surface area contributed by atoms with E-state index >= 15 is 0 Å². The third-order valence-corrected chi connectivity index (χ3v) is 12.0. The van der Waals surface area contributed by atoms with Crippen molar-refractivity contribution in [2.75, 3.05) is 26.7 Å². The van der Waals surface area contributed by atoms with Gasteiger partial charge in [0.05, 0.1) is 43.6 Å². The Morgan fingerprint density at radius 3 is 2.06 bits per heavy atom. The number of nitrogens with one attached hydrogen (secondary N) is 4. The Morgan fingerprint density at radius 1 is 0.853 bits per heavy atom. The molecule has 1 heterocycles. The van der Waals surface area contributed by atoms with Crippen molar-refractivity contribution in [3.05, 3.63) is 29.8 Å². The Hall–Kier alpha value is -6.54. The molecule has 1 aromatic rings. The van der Waals surface area contributed by atoms with E-state index in [1.807, 2.05) is 13.8 Å². The molecule has 1 fully saturated rings. The zero-order chi connectivity index (χ0) is 51.5. The van der Waals surface area contributed by atoms with Gasteiger partial charge in [-0.25, -0.2) is 0 Å². The lowest BCUT2D eigenvalue weighted by Crippen LogP contribution is -2.50. The van der Waals surface area contributed by atoms with E-state index in [0.717, 1.165) is 4.90 Å². The number of ketones is 4. The quantitative estimate of drug-likeness (QED) is 0.0892. The van der Waals surface area contributed by atoms with Crippen LogP contribution in [0.5, 0.6) is 5.75 Å². The number of phenolic OH excluding ortho intramolecular Hbond substituents is 1. The molecule has 0 unspecified atom stereocenters. The number of likely N-dealkylation sites (N-methyl/N-ethyl adjacent to an activating group) is 1. The molecule has 376 valence electrons. The lowest BCUT2D eigenvalue weighted by atomic mass is 9.77. The van der Waals surface area contributed by atoms with Gasteiger partial charge >= 0.3 is 0 Å². The van der Waals surface area contributed by atoms with Crippen LogP contribution in [0.1, 0.15) is 111 Å². The number of nitrogens with zero attached hydrogens (tertiary/aromatic N) is 1. The first-order valence-corrected chi connectivity index (χ1v) is 22.9. The summed E-state index contributed by atoms with van der Waals surface area (Å²) in [5.74, 6) is -13.3. The van der Waals surface area contributed by atoms with E-state index in [1.54, 1.807) is 26.0 Å². The molecule has 11 N–H and O–H groups in total. The van der Waals surface area contributed by atoms with Crippen LogP contribution in [-0.4, -0.2) is 119 Å². The van der Waals surface area contributed by atoms with Crippen molar-refractivity contribution in [3.63, 3.8) is 0 Å². The molecule has 0 aliphatic carbocycles. The van der Waals surface area contributed by atoms with Crippen LogP contribution in [0.3, 0.4) is 0 Å². The normalized spacial score (nSPS) is 21.8. The van der Waals surface area contributed by atoms with E-state index < -0.39 is 163 Å². The van der Waals surface area contributed by atoms with E-state index in [4.69, 9.17) is 17.2 Å². The van der Waals surface area contributed by atoms with Crippen molar-refractivity contribution in [1.29, 1.82) is 0 Å². The van der Waals surface area contributed by atoms with Crippen LogP contribution in [0.15, 0.2) is 24.3 Å². The first-order chi connectivity index (χ1) is 31.7. The second-order valence-electron chi connectivity index (χ2n) is 18.7. The van der Waals surface area contributed by atoms with E-state index in [-0.39, 0.29) is 50.2 Å². The van der Waals surface area contributed by atoms with Gasteiger partial charge in [0.25, 0.3) is 0 Å². The van der Waals surface area contributed by atoms with Gasteiger partial charge in [0.15, 0.2) is 23.1 Å². The number of primary amides is 3. The van der Waals surface area contributed by atoms with Gasteiger partial charge in [-0.2, -0.15) is 0 Å². The largest absolute Gasteiger partial charge is 0.508 e. The maximum absolute atomic E-state index is 14.2. The SMILES string of the molecule is CC[C@H](C)[C@@H]1NC(=O)[C@H](Cc2ccc(O)cc2)CC(=O)CNC(=O)CC[C@@H](C(=O)N(C)CC(=O)C[C@@](C)(CC(C)C)C(=O)NCC(N)=O)CC(=O)[C@H](CC(N)=O)NC(=O)[C@H](CCC(N)=O)CC1=O.